The molecule has 0 spiro atoms. The van der Waals surface area contributed by atoms with Crippen LogP contribution in [0.2, 0.25) is 0 Å². The summed E-state index contributed by atoms with van der Waals surface area (Å²) in [6.07, 6.45) is 20.6. The average molecular weight is 280 g/mol. The van der Waals surface area contributed by atoms with E-state index in [1.165, 1.54) is 63.9 Å². The fraction of sp³-hybridized carbons (Fsp3) is 0.722. The molecule has 0 saturated carbocycles. The first-order valence-corrected chi connectivity index (χ1v) is 8.31. The van der Waals surface area contributed by atoms with E-state index in [9.17, 15) is 4.79 Å². The molecule has 0 heterocycles. The number of carbonyl (C=O) groups excluding carboxylic acids is 1. The summed E-state index contributed by atoms with van der Waals surface area (Å²) in [6.45, 7) is 4.51. The largest absolute Gasteiger partial charge is 0.463 e. The summed E-state index contributed by atoms with van der Waals surface area (Å²) in [4.78, 5) is 11.0. The maximum absolute atomic E-state index is 11.0. The number of ether oxygens (including phenoxy) is 1. The molecule has 0 amide bonds. The van der Waals surface area contributed by atoms with Crippen molar-refractivity contribution in [2.75, 3.05) is 6.61 Å². The van der Waals surface area contributed by atoms with Crippen molar-refractivity contribution in [3.63, 3.8) is 0 Å². The third-order valence-corrected chi connectivity index (χ3v) is 3.24. The predicted octanol–water partition coefficient (Wildman–Crippen LogP) is 5.58. The standard InChI is InChI=1S/C18H32O2/c1-3-5-6-7-8-9-10-11-12-13-14-15-16-17-18(19)20-4-2/h14-17H,3-13H2,1-2H3/b15-14+,17-16+. The normalized spacial score (nSPS) is 11.5. The van der Waals surface area contributed by atoms with Crippen molar-refractivity contribution in [3.8, 4) is 0 Å². The van der Waals surface area contributed by atoms with Gasteiger partial charge in [0.25, 0.3) is 0 Å². The summed E-state index contributed by atoms with van der Waals surface area (Å²) in [5.74, 6) is -0.264. The number of hydrogen-bond acceptors (Lipinski definition) is 2. The second-order valence-electron chi connectivity index (χ2n) is 5.16. The van der Waals surface area contributed by atoms with Crippen molar-refractivity contribution in [2.24, 2.45) is 0 Å². The summed E-state index contributed by atoms with van der Waals surface area (Å²) in [7, 11) is 0. The van der Waals surface area contributed by atoms with Crippen molar-refractivity contribution in [2.45, 2.75) is 78.1 Å². The van der Waals surface area contributed by atoms with E-state index in [0.29, 0.717) is 6.61 Å². The zero-order valence-electron chi connectivity index (χ0n) is 13.4. The van der Waals surface area contributed by atoms with Gasteiger partial charge in [0.2, 0.25) is 0 Å². The molecule has 2 heteroatoms. The molecule has 0 saturated heterocycles. The Bertz CT molecular complexity index is 267. The highest BCUT2D eigenvalue weighted by Crippen LogP contribution is 2.10. The van der Waals surface area contributed by atoms with Gasteiger partial charge in [0.1, 0.15) is 0 Å². The molecule has 0 aromatic carbocycles. The van der Waals surface area contributed by atoms with Gasteiger partial charge in [0.05, 0.1) is 6.61 Å². The first-order valence-electron chi connectivity index (χ1n) is 8.31. The zero-order chi connectivity index (χ0) is 14.9. The molecule has 0 atom stereocenters. The first-order chi connectivity index (χ1) is 9.81. The molecule has 0 aromatic rings. The van der Waals surface area contributed by atoms with Gasteiger partial charge < -0.3 is 4.74 Å². The highest BCUT2D eigenvalue weighted by molar-refractivity contribution is 5.82. The van der Waals surface area contributed by atoms with Gasteiger partial charge in [-0.1, -0.05) is 76.5 Å². The van der Waals surface area contributed by atoms with Crippen molar-refractivity contribution in [1.29, 1.82) is 0 Å². The Labute approximate surface area is 125 Å². The van der Waals surface area contributed by atoms with Gasteiger partial charge in [0.15, 0.2) is 0 Å². The highest BCUT2D eigenvalue weighted by Gasteiger charge is 1.91. The molecule has 0 unspecified atom stereocenters. The van der Waals surface area contributed by atoms with E-state index in [1.54, 1.807) is 6.08 Å². The van der Waals surface area contributed by atoms with Crippen LogP contribution < -0.4 is 0 Å². The van der Waals surface area contributed by atoms with Gasteiger partial charge in [-0.3, -0.25) is 0 Å². The molecular weight excluding hydrogens is 248 g/mol. The Morgan fingerprint density at radius 3 is 2.05 bits per heavy atom. The number of allylic oxidation sites excluding steroid dienone is 3. The lowest BCUT2D eigenvalue weighted by molar-refractivity contribution is -0.137. The lowest BCUT2D eigenvalue weighted by atomic mass is 10.1. The van der Waals surface area contributed by atoms with Gasteiger partial charge in [0, 0.05) is 6.08 Å². The van der Waals surface area contributed by atoms with E-state index in [-0.39, 0.29) is 5.97 Å². The van der Waals surface area contributed by atoms with Crippen LogP contribution in [0.5, 0.6) is 0 Å². The van der Waals surface area contributed by atoms with Crippen LogP contribution in [0.25, 0.3) is 0 Å². The summed E-state index contributed by atoms with van der Waals surface area (Å²) in [5.41, 5.74) is 0. The number of hydrogen-bond donors (Lipinski definition) is 0. The van der Waals surface area contributed by atoms with Crippen LogP contribution in [-0.4, -0.2) is 12.6 Å². The minimum atomic E-state index is -0.264. The van der Waals surface area contributed by atoms with Gasteiger partial charge in [-0.05, 0) is 19.8 Å². The molecule has 0 aromatic heterocycles. The van der Waals surface area contributed by atoms with Crippen LogP contribution in [0.1, 0.15) is 78.1 Å². The van der Waals surface area contributed by atoms with Crippen LogP contribution in [0, 0.1) is 0 Å². The Kier molecular flexibility index (Phi) is 15.2. The van der Waals surface area contributed by atoms with E-state index in [1.807, 2.05) is 13.0 Å². The third-order valence-electron chi connectivity index (χ3n) is 3.24. The summed E-state index contributed by atoms with van der Waals surface area (Å²) in [6, 6.07) is 0. The second-order valence-corrected chi connectivity index (χ2v) is 5.16. The van der Waals surface area contributed by atoms with Gasteiger partial charge >= 0.3 is 5.97 Å². The van der Waals surface area contributed by atoms with Crippen molar-refractivity contribution < 1.29 is 9.53 Å². The van der Waals surface area contributed by atoms with Crippen LogP contribution in [0.4, 0.5) is 0 Å². The van der Waals surface area contributed by atoms with E-state index in [0.717, 1.165) is 6.42 Å². The van der Waals surface area contributed by atoms with E-state index in [2.05, 4.69) is 13.0 Å². The molecule has 0 fully saturated rings. The van der Waals surface area contributed by atoms with E-state index >= 15 is 0 Å². The average Bonchev–Trinajstić information content (AvgIpc) is 2.44. The minimum absolute atomic E-state index is 0.264. The van der Waals surface area contributed by atoms with Crippen molar-refractivity contribution >= 4 is 5.97 Å². The van der Waals surface area contributed by atoms with Crippen LogP contribution >= 0.6 is 0 Å². The molecule has 0 radical (unpaired) electrons. The smallest absolute Gasteiger partial charge is 0.330 e. The predicted molar refractivity (Wildman–Crippen MR) is 86.8 cm³/mol. The maximum atomic E-state index is 11.0. The van der Waals surface area contributed by atoms with Crippen LogP contribution in [-0.2, 0) is 9.53 Å². The van der Waals surface area contributed by atoms with Gasteiger partial charge in [-0.25, -0.2) is 4.79 Å². The lowest BCUT2D eigenvalue weighted by Gasteiger charge is -2.00. The Morgan fingerprint density at radius 2 is 1.45 bits per heavy atom. The molecule has 20 heavy (non-hydrogen) atoms. The molecular formula is C18H32O2. The minimum Gasteiger partial charge on any atom is -0.463 e. The van der Waals surface area contributed by atoms with Crippen molar-refractivity contribution in [1.82, 2.24) is 0 Å². The SMILES string of the molecule is CCCCCCCCCCC/C=C/C=C/C(=O)OCC. The lowest BCUT2D eigenvalue weighted by Crippen LogP contribution is -1.98. The van der Waals surface area contributed by atoms with Gasteiger partial charge in [-0.2, -0.15) is 0 Å². The summed E-state index contributed by atoms with van der Waals surface area (Å²) in [5, 5.41) is 0. The molecule has 2 nitrogen and oxygen atoms in total. The number of rotatable bonds is 13. The fourth-order valence-electron chi connectivity index (χ4n) is 2.07. The molecule has 0 bridgehead atoms. The number of esters is 1. The maximum Gasteiger partial charge on any atom is 0.330 e. The van der Waals surface area contributed by atoms with E-state index in [4.69, 9.17) is 4.74 Å². The quantitative estimate of drug-likeness (QED) is 0.190. The van der Waals surface area contributed by atoms with Crippen LogP contribution in [0.3, 0.4) is 0 Å². The first kappa shape index (κ1) is 18.9. The second kappa shape index (κ2) is 16.0. The summed E-state index contributed by atoms with van der Waals surface area (Å²) >= 11 is 0. The van der Waals surface area contributed by atoms with Crippen molar-refractivity contribution in [3.05, 3.63) is 24.3 Å². The van der Waals surface area contributed by atoms with Crippen LogP contribution in [0.15, 0.2) is 24.3 Å². The Hall–Kier alpha value is -1.05. The third kappa shape index (κ3) is 15.0. The molecule has 0 aliphatic heterocycles. The molecule has 0 N–H and O–H groups in total. The fourth-order valence-corrected chi connectivity index (χ4v) is 2.07. The molecule has 0 aliphatic rings. The molecule has 0 aliphatic carbocycles. The monoisotopic (exact) mass is 280 g/mol. The zero-order valence-corrected chi connectivity index (χ0v) is 13.4. The Balaban J connectivity index is 3.25. The number of unbranched alkanes of at least 4 members (excludes halogenated alkanes) is 9. The topological polar surface area (TPSA) is 26.3 Å². The highest BCUT2D eigenvalue weighted by atomic mass is 16.5. The summed E-state index contributed by atoms with van der Waals surface area (Å²) < 4.78 is 4.79. The number of carbonyl (C=O) groups is 1. The molecule has 0 rings (SSSR count). The van der Waals surface area contributed by atoms with E-state index < -0.39 is 0 Å². The Morgan fingerprint density at radius 1 is 0.850 bits per heavy atom. The molecule has 116 valence electrons. The van der Waals surface area contributed by atoms with Gasteiger partial charge in [-0.15, -0.1) is 0 Å².